The third-order valence-corrected chi connectivity index (χ3v) is 6.51. The predicted octanol–water partition coefficient (Wildman–Crippen LogP) is 4.57. The first-order chi connectivity index (χ1) is 13.4. The Balaban J connectivity index is 1.69. The van der Waals surface area contributed by atoms with E-state index in [1.165, 1.54) is 24.3 Å². The monoisotopic (exact) mass is 418 g/mol. The van der Waals surface area contributed by atoms with E-state index in [4.69, 9.17) is 0 Å². The fraction of sp³-hybridized carbons (Fsp3) is 0.150. The fourth-order valence-corrected chi connectivity index (χ4v) is 4.54. The molecule has 1 heterocycles. The van der Waals surface area contributed by atoms with E-state index in [-0.39, 0.29) is 16.8 Å². The zero-order chi connectivity index (χ0) is 20.1. The van der Waals surface area contributed by atoms with Crippen LogP contribution in [0.25, 0.3) is 0 Å². The smallest absolute Gasteiger partial charge is 0.261 e. The lowest BCUT2D eigenvalue weighted by Gasteiger charge is -2.15. The van der Waals surface area contributed by atoms with Crippen LogP contribution in [0.4, 0.5) is 10.1 Å². The van der Waals surface area contributed by atoms with Gasteiger partial charge in [-0.3, -0.25) is 9.52 Å². The van der Waals surface area contributed by atoms with Gasteiger partial charge in [0, 0.05) is 16.1 Å². The summed E-state index contributed by atoms with van der Waals surface area (Å²) in [5.74, 6) is -0.740. The van der Waals surface area contributed by atoms with E-state index in [1.807, 2.05) is 24.4 Å². The Hall–Kier alpha value is -2.71. The summed E-state index contributed by atoms with van der Waals surface area (Å²) in [6.45, 7) is 2.00. The number of nitrogens with one attached hydrogen (secondary N) is 2. The maximum absolute atomic E-state index is 13.0. The molecule has 0 saturated heterocycles. The van der Waals surface area contributed by atoms with Crippen molar-refractivity contribution in [3.8, 4) is 0 Å². The van der Waals surface area contributed by atoms with E-state index in [9.17, 15) is 17.6 Å². The molecule has 1 amide bonds. The summed E-state index contributed by atoms with van der Waals surface area (Å²) in [6, 6.07) is 14.5. The van der Waals surface area contributed by atoms with Crippen molar-refractivity contribution in [2.75, 3.05) is 4.72 Å². The molecule has 3 rings (SSSR count). The van der Waals surface area contributed by atoms with E-state index in [1.54, 1.807) is 23.5 Å². The Kier molecular flexibility index (Phi) is 6.11. The lowest BCUT2D eigenvalue weighted by atomic mass is 10.1. The Morgan fingerprint density at radius 1 is 1.07 bits per heavy atom. The second kappa shape index (κ2) is 8.53. The quantitative estimate of drug-likeness (QED) is 0.590. The first-order valence-electron chi connectivity index (χ1n) is 8.62. The number of thiophene rings is 1. The highest BCUT2D eigenvalue weighted by atomic mass is 32.2. The summed E-state index contributed by atoms with van der Waals surface area (Å²) in [6.07, 6.45) is 0.766. The van der Waals surface area contributed by atoms with Crippen molar-refractivity contribution in [2.45, 2.75) is 24.3 Å². The number of hydrogen-bond acceptors (Lipinski definition) is 4. The number of amides is 1. The van der Waals surface area contributed by atoms with Gasteiger partial charge in [0.2, 0.25) is 0 Å². The van der Waals surface area contributed by atoms with Gasteiger partial charge in [-0.05, 0) is 66.4 Å². The van der Waals surface area contributed by atoms with Crippen molar-refractivity contribution in [2.24, 2.45) is 0 Å². The van der Waals surface area contributed by atoms with E-state index < -0.39 is 15.8 Å². The summed E-state index contributed by atoms with van der Waals surface area (Å²) in [7, 11) is -3.83. The summed E-state index contributed by atoms with van der Waals surface area (Å²) in [4.78, 5) is 13.5. The van der Waals surface area contributed by atoms with Crippen LogP contribution in [0.1, 0.15) is 34.6 Å². The molecular weight excluding hydrogens is 399 g/mol. The first-order valence-corrected chi connectivity index (χ1v) is 11.0. The molecule has 1 unspecified atom stereocenters. The van der Waals surface area contributed by atoms with E-state index in [0.29, 0.717) is 11.3 Å². The van der Waals surface area contributed by atoms with Crippen LogP contribution >= 0.6 is 11.3 Å². The van der Waals surface area contributed by atoms with Gasteiger partial charge < -0.3 is 5.32 Å². The molecule has 0 spiro atoms. The molecular formula is C20H19FN2O3S2. The third-order valence-electron chi connectivity index (χ3n) is 4.12. The fourth-order valence-electron chi connectivity index (χ4n) is 2.62. The molecule has 0 aliphatic carbocycles. The number of rotatable bonds is 7. The van der Waals surface area contributed by atoms with Crippen molar-refractivity contribution in [1.82, 2.24) is 5.32 Å². The molecule has 28 heavy (non-hydrogen) atoms. The lowest BCUT2D eigenvalue weighted by molar-refractivity contribution is 0.0936. The van der Waals surface area contributed by atoms with Gasteiger partial charge in [0.05, 0.1) is 10.9 Å². The molecule has 2 aromatic carbocycles. The van der Waals surface area contributed by atoms with Crippen LogP contribution in [-0.4, -0.2) is 14.3 Å². The summed E-state index contributed by atoms with van der Waals surface area (Å²) in [5.41, 5.74) is 0.742. The summed E-state index contributed by atoms with van der Waals surface area (Å²) < 4.78 is 40.1. The standard InChI is InChI=1S/C20H19FN2O3S2/c1-2-18(19-4-3-13-27-19)22-20(24)14-5-9-16(10-6-14)23-28(25,26)17-11-7-15(21)8-12-17/h3-13,18,23H,2H2,1H3,(H,22,24). The molecule has 0 aliphatic heterocycles. The van der Waals surface area contributed by atoms with Crippen LogP contribution < -0.4 is 10.0 Å². The zero-order valence-corrected chi connectivity index (χ0v) is 16.7. The van der Waals surface area contributed by atoms with Gasteiger partial charge in [-0.1, -0.05) is 13.0 Å². The summed E-state index contributed by atoms with van der Waals surface area (Å²) in [5, 5.41) is 4.95. The molecule has 146 valence electrons. The van der Waals surface area contributed by atoms with Crippen LogP contribution in [0.2, 0.25) is 0 Å². The van der Waals surface area contributed by atoms with Gasteiger partial charge in [-0.15, -0.1) is 11.3 Å². The molecule has 0 fully saturated rings. The second-order valence-electron chi connectivity index (χ2n) is 6.09. The molecule has 1 atom stereocenters. The number of carbonyl (C=O) groups excluding carboxylic acids is 1. The van der Waals surface area contributed by atoms with Gasteiger partial charge in [-0.25, -0.2) is 12.8 Å². The minimum absolute atomic E-state index is 0.0440. The molecule has 2 N–H and O–H groups in total. The number of benzene rings is 2. The molecule has 0 bridgehead atoms. The lowest BCUT2D eigenvalue weighted by Crippen LogP contribution is -2.27. The maximum Gasteiger partial charge on any atom is 0.261 e. The molecule has 5 nitrogen and oxygen atoms in total. The molecule has 0 saturated carbocycles. The van der Waals surface area contributed by atoms with Crippen molar-refractivity contribution >= 4 is 33.0 Å². The summed E-state index contributed by atoms with van der Waals surface area (Å²) >= 11 is 1.59. The van der Waals surface area contributed by atoms with Gasteiger partial charge in [0.15, 0.2) is 0 Å². The predicted molar refractivity (Wildman–Crippen MR) is 108 cm³/mol. The highest BCUT2D eigenvalue weighted by Crippen LogP contribution is 2.22. The minimum Gasteiger partial charge on any atom is -0.344 e. The third kappa shape index (κ3) is 4.76. The van der Waals surface area contributed by atoms with Crippen molar-refractivity contribution in [3.05, 3.63) is 82.3 Å². The van der Waals surface area contributed by atoms with Crippen LogP contribution in [-0.2, 0) is 10.0 Å². The van der Waals surface area contributed by atoms with Crippen LogP contribution in [0.15, 0.2) is 70.9 Å². The first kappa shape index (κ1) is 20.0. The number of hydrogen-bond donors (Lipinski definition) is 2. The Labute approximate surface area is 167 Å². The highest BCUT2D eigenvalue weighted by Gasteiger charge is 2.17. The largest absolute Gasteiger partial charge is 0.344 e. The van der Waals surface area contributed by atoms with E-state index in [2.05, 4.69) is 10.0 Å². The molecule has 0 radical (unpaired) electrons. The topological polar surface area (TPSA) is 75.3 Å². The van der Waals surface area contributed by atoms with Crippen molar-refractivity contribution in [1.29, 1.82) is 0 Å². The Morgan fingerprint density at radius 3 is 2.32 bits per heavy atom. The van der Waals surface area contributed by atoms with Crippen LogP contribution in [0, 0.1) is 5.82 Å². The van der Waals surface area contributed by atoms with Gasteiger partial charge in [0.1, 0.15) is 5.82 Å². The van der Waals surface area contributed by atoms with Crippen LogP contribution in [0.3, 0.4) is 0 Å². The highest BCUT2D eigenvalue weighted by molar-refractivity contribution is 7.92. The average molecular weight is 419 g/mol. The number of sulfonamides is 1. The maximum atomic E-state index is 13.0. The SMILES string of the molecule is CCC(NC(=O)c1ccc(NS(=O)(=O)c2ccc(F)cc2)cc1)c1cccs1. The molecule has 8 heteroatoms. The number of anilines is 1. The van der Waals surface area contributed by atoms with Gasteiger partial charge in [0.25, 0.3) is 15.9 Å². The second-order valence-corrected chi connectivity index (χ2v) is 8.75. The van der Waals surface area contributed by atoms with Gasteiger partial charge >= 0.3 is 0 Å². The van der Waals surface area contributed by atoms with E-state index >= 15 is 0 Å². The Bertz CT molecular complexity index is 1030. The normalized spacial score (nSPS) is 12.4. The zero-order valence-electron chi connectivity index (χ0n) is 15.1. The average Bonchev–Trinajstić information content (AvgIpc) is 3.21. The number of halogens is 1. The van der Waals surface area contributed by atoms with E-state index in [0.717, 1.165) is 23.4 Å². The van der Waals surface area contributed by atoms with Gasteiger partial charge in [-0.2, -0.15) is 0 Å². The van der Waals surface area contributed by atoms with Crippen molar-refractivity contribution in [3.63, 3.8) is 0 Å². The Morgan fingerprint density at radius 2 is 1.75 bits per heavy atom. The van der Waals surface area contributed by atoms with Crippen LogP contribution in [0.5, 0.6) is 0 Å². The number of carbonyl (C=O) groups is 1. The van der Waals surface area contributed by atoms with Crippen molar-refractivity contribution < 1.29 is 17.6 Å². The molecule has 0 aliphatic rings. The molecule has 1 aromatic heterocycles. The molecule has 3 aromatic rings. The minimum atomic E-state index is -3.83.